The first-order chi connectivity index (χ1) is 14.3. The van der Waals surface area contributed by atoms with Gasteiger partial charge in [0.25, 0.3) is 11.7 Å². The second-order valence-corrected chi connectivity index (χ2v) is 8.75. The fraction of sp³-hybridized carbons (Fsp3) is 0.167. The number of amides is 1. The first kappa shape index (κ1) is 20.4. The number of nitrogens with zero attached hydrogens (tertiary/aromatic N) is 1. The van der Waals surface area contributed by atoms with E-state index in [0.717, 1.165) is 16.0 Å². The van der Waals surface area contributed by atoms with Gasteiger partial charge in [-0.3, -0.25) is 14.5 Å². The summed E-state index contributed by atoms with van der Waals surface area (Å²) in [7, 11) is 0. The number of hydrogen-bond donors (Lipinski definition) is 1. The quantitative estimate of drug-likeness (QED) is 0.313. The van der Waals surface area contributed by atoms with E-state index in [2.05, 4.69) is 0 Å². The fourth-order valence-corrected chi connectivity index (χ4v) is 4.69. The van der Waals surface area contributed by atoms with Crippen molar-refractivity contribution in [1.82, 2.24) is 0 Å². The lowest BCUT2D eigenvalue weighted by Gasteiger charge is -2.26. The summed E-state index contributed by atoms with van der Waals surface area (Å²) < 4.78 is 0. The second kappa shape index (κ2) is 7.74. The van der Waals surface area contributed by atoms with Crippen molar-refractivity contribution in [1.29, 1.82) is 0 Å². The lowest BCUT2D eigenvalue weighted by Crippen LogP contribution is -2.29. The van der Waals surface area contributed by atoms with E-state index >= 15 is 0 Å². The Morgan fingerprint density at radius 1 is 1.03 bits per heavy atom. The largest absolute Gasteiger partial charge is 0.507 e. The van der Waals surface area contributed by atoms with Crippen molar-refractivity contribution >= 4 is 46.1 Å². The molecule has 0 aliphatic carbocycles. The number of aliphatic hydroxyl groups excluding tert-OH is 1. The van der Waals surface area contributed by atoms with Crippen LogP contribution in [-0.2, 0) is 9.59 Å². The van der Waals surface area contributed by atoms with Crippen LogP contribution in [0.15, 0.2) is 59.5 Å². The molecular weight excluding hydrogens is 418 g/mol. The van der Waals surface area contributed by atoms with E-state index in [1.54, 1.807) is 24.3 Å². The molecular formula is C24H20ClNO3S. The van der Waals surface area contributed by atoms with E-state index in [1.807, 2.05) is 50.4 Å². The van der Waals surface area contributed by atoms with E-state index < -0.39 is 17.7 Å². The Morgan fingerprint density at radius 2 is 1.80 bits per heavy atom. The van der Waals surface area contributed by atoms with Crippen molar-refractivity contribution < 1.29 is 14.7 Å². The van der Waals surface area contributed by atoms with Gasteiger partial charge in [0.2, 0.25) is 0 Å². The maximum Gasteiger partial charge on any atom is 0.300 e. The molecule has 4 nitrogen and oxygen atoms in total. The zero-order chi connectivity index (χ0) is 21.6. The molecule has 1 unspecified atom stereocenters. The lowest BCUT2D eigenvalue weighted by atomic mass is 9.97. The number of benzene rings is 2. The molecule has 1 aliphatic rings. The predicted molar refractivity (Wildman–Crippen MR) is 121 cm³/mol. The topological polar surface area (TPSA) is 57.6 Å². The molecule has 3 aromatic rings. The SMILES string of the molecule is Cc1ccc(/C(O)=C2/C(=O)C(=O)N(c3cccc(Cl)c3C)C2c2cccs2)cc1C. The number of aliphatic hydroxyl groups is 1. The summed E-state index contributed by atoms with van der Waals surface area (Å²) in [5.41, 5.74) is 3.93. The smallest absolute Gasteiger partial charge is 0.300 e. The van der Waals surface area contributed by atoms with Crippen LogP contribution >= 0.6 is 22.9 Å². The van der Waals surface area contributed by atoms with E-state index in [0.29, 0.717) is 21.8 Å². The highest BCUT2D eigenvalue weighted by molar-refractivity contribution is 7.10. The number of hydrogen-bond acceptors (Lipinski definition) is 4. The van der Waals surface area contributed by atoms with Crippen LogP contribution in [0.4, 0.5) is 5.69 Å². The number of ketones is 1. The van der Waals surface area contributed by atoms with Crippen molar-refractivity contribution in [3.63, 3.8) is 0 Å². The lowest BCUT2D eigenvalue weighted by molar-refractivity contribution is -0.132. The summed E-state index contributed by atoms with van der Waals surface area (Å²) in [5, 5.41) is 13.5. The molecule has 0 spiro atoms. The molecule has 152 valence electrons. The average molecular weight is 438 g/mol. The Morgan fingerprint density at radius 3 is 2.47 bits per heavy atom. The van der Waals surface area contributed by atoms with Crippen LogP contribution in [0, 0.1) is 20.8 Å². The molecule has 1 amide bonds. The van der Waals surface area contributed by atoms with Gasteiger partial charge < -0.3 is 5.11 Å². The van der Waals surface area contributed by atoms with Gasteiger partial charge in [0, 0.05) is 21.2 Å². The molecule has 0 saturated carbocycles. The van der Waals surface area contributed by atoms with Gasteiger partial charge >= 0.3 is 0 Å². The van der Waals surface area contributed by atoms with E-state index in [-0.39, 0.29) is 11.3 Å². The van der Waals surface area contributed by atoms with Crippen molar-refractivity contribution in [2.75, 3.05) is 4.90 Å². The van der Waals surface area contributed by atoms with Crippen LogP contribution in [-0.4, -0.2) is 16.8 Å². The highest BCUT2D eigenvalue weighted by Crippen LogP contribution is 2.45. The molecule has 0 radical (unpaired) electrons. The summed E-state index contributed by atoms with van der Waals surface area (Å²) in [4.78, 5) is 28.5. The zero-order valence-electron chi connectivity index (χ0n) is 16.8. The first-order valence-corrected chi connectivity index (χ1v) is 10.7. The molecule has 1 fully saturated rings. The van der Waals surface area contributed by atoms with E-state index in [4.69, 9.17) is 11.6 Å². The number of carbonyl (C=O) groups excluding carboxylic acids is 2. The third kappa shape index (κ3) is 3.24. The summed E-state index contributed by atoms with van der Waals surface area (Å²) in [5.74, 6) is -1.55. The number of thiophene rings is 1. The molecule has 1 aromatic heterocycles. The molecule has 2 aromatic carbocycles. The Hall–Kier alpha value is -2.89. The maximum atomic E-state index is 13.1. The van der Waals surface area contributed by atoms with Crippen LogP contribution in [0.5, 0.6) is 0 Å². The van der Waals surface area contributed by atoms with Crippen LogP contribution in [0.2, 0.25) is 5.02 Å². The minimum atomic E-state index is -0.719. The normalized spacial score (nSPS) is 18.3. The molecule has 2 heterocycles. The number of anilines is 1. The maximum absolute atomic E-state index is 13.1. The molecule has 4 rings (SSSR count). The average Bonchev–Trinajstić information content (AvgIpc) is 3.33. The number of halogens is 1. The van der Waals surface area contributed by atoms with Crippen molar-refractivity contribution in [2.24, 2.45) is 0 Å². The Labute approximate surface area is 184 Å². The van der Waals surface area contributed by atoms with Gasteiger partial charge in [-0.15, -0.1) is 11.3 Å². The van der Waals surface area contributed by atoms with Gasteiger partial charge in [-0.05, 0) is 67.1 Å². The molecule has 30 heavy (non-hydrogen) atoms. The third-order valence-corrected chi connectivity index (χ3v) is 6.87. The van der Waals surface area contributed by atoms with Gasteiger partial charge in [-0.2, -0.15) is 0 Å². The standard InChI is InChI=1S/C24H20ClNO3S/c1-13-9-10-16(12-14(13)2)22(27)20-21(19-8-5-11-30-19)26(24(29)23(20)28)18-7-4-6-17(25)15(18)3/h4-12,21,27H,1-3H3/b22-20-. The summed E-state index contributed by atoms with van der Waals surface area (Å²) >= 11 is 7.72. The van der Waals surface area contributed by atoms with Gasteiger partial charge in [-0.1, -0.05) is 35.9 Å². The summed E-state index contributed by atoms with van der Waals surface area (Å²) in [6.07, 6.45) is 0. The van der Waals surface area contributed by atoms with Crippen LogP contribution in [0.3, 0.4) is 0 Å². The first-order valence-electron chi connectivity index (χ1n) is 9.48. The van der Waals surface area contributed by atoms with Crippen LogP contribution < -0.4 is 4.90 Å². The minimum Gasteiger partial charge on any atom is -0.507 e. The molecule has 1 aliphatic heterocycles. The summed E-state index contributed by atoms with van der Waals surface area (Å²) in [6, 6.07) is 13.7. The molecule has 0 bridgehead atoms. The van der Waals surface area contributed by atoms with Crippen molar-refractivity contribution in [3.05, 3.63) is 91.6 Å². The number of carbonyl (C=O) groups is 2. The monoisotopic (exact) mass is 437 g/mol. The van der Waals surface area contributed by atoms with Gasteiger partial charge in [0.1, 0.15) is 11.8 Å². The second-order valence-electron chi connectivity index (χ2n) is 7.37. The molecule has 6 heteroatoms. The minimum absolute atomic E-state index is 0.0880. The molecule has 1 saturated heterocycles. The van der Waals surface area contributed by atoms with E-state index in [9.17, 15) is 14.7 Å². The highest BCUT2D eigenvalue weighted by atomic mass is 35.5. The number of rotatable bonds is 3. The third-order valence-electron chi connectivity index (χ3n) is 5.54. The van der Waals surface area contributed by atoms with Crippen LogP contribution in [0.1, 0.15) is 33.2 Å². The van der Waals surface area contributed by atoms with Crippen LogP contribution in [0.25, 0.3) is 5.76 Å². The Kier molecular flexibility index (Phi) is 5.26. The Bertz CT molecular complexity index is 1200. The van der Waals surface area contributed by atoms with E-state index in [1.165, 1.54) is 16.2 Å². The van der Waals surface area contributed by atoms with Gasteiger partial charge in [0.15, 0.2) is 0 Å². The number of Topliss-reactive ketones (excluding diaryl/α,β-unsaturated/α-hetero) is 1. The summed E-state index contributed by atoms with van der Waals surface area (Å²) in [6.45, 7) is 5.73. The zero-order valence-corrected chi connectivity index (χ0v) is 18.3. The van der Waals surface area contributed by atoms with Gasteiger partial charge in [0.05, 0.1) is 5.57 Å². The van der Waals surface area contributed by atoms with Gasteiger partial charge in [-0.25, -0.2) is 0 Å². The van der Waals surface area contributed by atoms with Crippen molar-refractivity contribution in [3.8, 4) is 0 Å². The predicted octanol–water partition coefficient (Wildman–Crippen LogP) is 5.95. The highest BCUT2D eigenvalue weighted by Gasteiger charge is 2.47. The molecule has 1 atom stereocenters. The molecule has 1 N–H and O–H groups in total. The number of aryl methyl sites for hydroxylation is 2. The fourth-order valence-electron chi connectivity index (χ4n) is 3.70. The van der Waals surface area contributed by atoms with Crippen molar-refractivity contribution in [2.45, 2.75) is 26.8 Å². The Balaban J connectivity index is 1.96.